The Morgan fingerprint density at radius 2 is 1.76 bits per heavy atom. The van der Waals surface area contributed by atoms with E-state index in [1.54, 1.807) is 6.20 Å². The van der Waals surface area contributed by atoms with Crippen molar-refractivity contribution in [1.82, 2.24) is 19.9 Å². The molecule has 0 aliphatic carbocycles. The quantitative estimate of drug-likeness (QED) is 0.845. The molecule has 1 fully saturated rings. The fraction of sp³-hybridized carbons (Fsp3) is 0.471. The highest BCUT2D eigenvalue weighted by Crippen LogP contribution is 2.14. The molecule has 3 heterocycles. The summed E-state index contributed by atoms with van der Waals surface area (Å²) in [5.74, 6) is 0.937. The maximum atomic E-state index is 4.47. The molecular formula is C17H22N4. The van der Waals surface area contributed by atoms with Gasteiger partial charge in [-0.05, 0) is 51.0 Å². The summed E-state index contributed by atoms with van der Waals surface area (Å²) in [6.45, 7) is 3.70. The Morgan fingerprint density at radius 1 is 0.952 bits per heavy atom. The normalized spacial score (nSPS) is 16.0. The van der Waals surface area contributed by atoms with E-state index in [1.165, 1.54) is 38.9 Å². The van der Waals surface area contributed by atoms with Gasteiger partial charge in [-0.2, -0.15) is 0 Å². The molecule has 0 spiro atoms. The number of likely N-dealkylation sites (tertiary alicyclic amines) is 1. The van der Waals surface area contributed by atoms with Crippen LogP contribution in [0.1, 0.15) is 31.5 Å². The molecule has 4 heteroatoms. The van der Waals surface area contributed by atoms with Gasteiger partial charge in [0, 0.05) is 30.6 Å². The van der Waals surface area contributed by atoms with Crippen LogP contribution in [0, 0.1) is 0 Å². The molecule has 0 saturated carbocycles. The van der Waals surface area contributed by atoms with Crippen LogP contribution in [-0.2, 0) is 6.42 Å². The second-order valence-corrected chi connectivity index (χ2v) is 5.61. The second-order valence-electron chi connectivity index (χ2n) is 5.61. The zero-order valence-electron chi connectivity index (χ0n) is 12.4. The van der Waals surface area contributed by atoms with E-state index in [2.05, 4.69) is 19.9 Å². The minimum atomic E-state index is 0.928. The molecular weight excluding hydrogens is 260 g/mol. The van der Waals surface area contributed by atoms with Gasteiger partial charge in [0.2, 0.25) is 0 Å². The Bertz CT molecular complexity index is 532. The van der Waals surface area contributed by atoms with Crippen LogP contribution in [0.5, 0.6) is 0 Å². The maximum Gasteiger partial charge on any atom is 0.128 e. The maximum absolute atomic E-state index is 4.47. The third-order valence-corrected chi connectivity index (χ3v) is 3.99. The lowest BCUT2D eigenvalue weighted by Crippen LogP contribution is -2.30. The van der Waals surface area contributed by atoms with E-state index < -0.39 is 0 Å². The van der Waals surface area contributed by atoms with Gasteiger partial charge in [-0.3, -0.25) is 4.98 Å². The number of aryl methyl sites for hydroxylation is 1. The fourth-order valence-corrected chi connectivity index (χ4v) is 2.79. The lowest BCUT2D eigenvalue weighted by molar-refractivity contribution is 0.226. The summed E-state index contributed by atoms with van der Waals surface area (Å²) in [5, 5.41) is 0. The molecule has 0 unspecified atom stereocenters. The van der Waals surface area contributed by atoms with Crippen LogP contribution in [0.2, 0.25) is 0 Å². The van der Waals surface area contributed by atoms with Crippen molar-refractivity contribution in [3.63, 3.8) is 0 Å². The molecule has 0 N–H and O–H groups in total. The van der Waals surface area contributed by atoms with Gasteiger partial charge < -0.3 is 4.90 Å². The second kappa shape index (κ2) is 7.27. The molecule has 1 saturated heterocycles. The third kappa shape index (κ3) is 4.08. The van der Waals surface area contributed by atoms with Gasteiger partial charge >= 0.3 is 0 Å². The molecule has 0 atom stereocenters. The van der Waals surface area contributed by atoms with E-state index in [1.807, 2.05) is 30.6 Å². The molecule has 4 nitrogen and oxygen atoms in total. The van der Waals surface area contributed by atoms with E-state index in [0.717, 1.165) is 29.9 Å². The highest BCUT2D eigenvalue weighted by Gasteiger charge is 2.09. The summed E-state index contributed by atoms with van der Waals surface area (Å²) < 4.78 is 0. The van der Waals surface area contributed by atoms with Gasteiger partial charge in [0.25, 0.3) is 0 Å². The molecule has 2 aromatic rings. The van der Waals surface area contributed by atoms with Crippen molar-refractivity contribution in [3.05, 3.63) is 42.6 Å². The predicted molar refractivity (Wildman–Crippen MR) is 83.9 cm³/mol. The van der Waals surface area contributed by atoms with E-state index in [-0.39, 0.29) is 0 Å². The topological polar surface area (TPSA) is 41.9 Å². The van der Waals surface area contributed by atoms with E-state index >= 15 is 0 Å². The van der Waals surface area contributed by atoms with Crippen molar-refractivity contribution in [3.8, 4) is 11.3 Å². The van der Waals surface area contributed by atoms with Gasteiger partial charge in [-0.25, -0.2) is 9.97 Å². The van der Waals surface area contributed by atoms with Crippen LogP contribution >= 0.6 is 0 Å². The summed E-state index contributed by atoms with van der Waals surface area (Å²) in [4.78, 5) is 15.8. The summed E-state index contributed by atoms with van der Waals surface area (Å²) in [7, 11) is 0. The van der Waals surface area contributed by atoms with Gasteiger partial charge in [0.05, 0.1) is 5.69 Å². The van der Waals surface area contributed by atoms with Crippen LogP contribution in [0.15, 0.2) is 36.8 Å². The highest BCUT2D eigenvalue weighted by atomic mass is 15.1. The minimum absolute atomic E-state index is 0.928. The van der Waals surface area contributed by atoms with Gasteiger partial charge in [-0.15, -0.1) is 0 Å². The van der Waals surface area contributed by atoms with Crippen LogP contribution in [0.3, 0.4) is 0 Å². The molecule has 1 aliphatic heterocycles. The van der Waals surface area contributed by atoms with Crippen molar-refractivity contribution in [2.45, 2.75) is 32.1 Å². The first-order valence-electron chi connectivity index (χ1n) is 7.86. The molecule has 1 aliphatic rings. The largest absolute Gasteiger partial charge is 0.303 e. The minimum Gasteiger partial charge on any atom is -0.303 e. The Labute approximate surface area is 126 Å². The lowest BCUT2D eigenvalue weighted by Gasteiger charge is -2.26. The van der Waals surface area contributed by atoms with Crippen molar-refractivity contribution in [1.29, 1.82) is 0 Å². The number of hydrogen-bond donors (Lipinski definition) is 0. The van der Waals surface area contributed by atoms with E-state index in [0.29, 0.717) is 0 Å². The average molecular weight is 282 g/mol. The molecule has 0 radical (unpaired) electrons. The molecule has 0 aromatic carbocycles. The van der Waals surface area contributed by atoms with Crippen LogP contribution in [0.25, 0.3) is 11.3 Å². The molecule has 110 valence electrons. The number of piperidine rings is 1. The fourth-order valence-electron chi connectivity index (χ4n) is 2.79. The number of pyridine rings is 1. The average Bonchev–Trinajstić information content (AvgIpc) is 2.57. The Morgan fingerprint density at radius 3 is 2.48 bits per heavy atom. The summed E-state index contributed by atoms with van der Waals surface area (Å²) in [6.07, 6.45) is 11.8. The molecule has 0 amide bonds. The van der Waals surface area contributed by atoms with Crippen molar-refractivity contribution in [2.24, 2.45) is 0 Å². The van der Waals surface area contributed by atoms with Gasteiger partial charge in [-0.1, -0.05) is 12.5 Å². The molecule has 3 rings (SSSR count). The Hall–Kier alpha value is -1.81. The standard InChI is InChI=1S/C17H22N4/c1-4-10-21(11-5-1)12-6-8-17-19-13-15(14-20-17)16-7-2-3-9-18-16/h2-3,7,9,13-14H,1,4-6,8,10-12H2. The van der Waals surface area contributed by atoms with E-state index in [9.17, 15) is 0 Å². The number of hydrogen-bond acceptors (Lipinski definition) is 4. The molecule has 21 heavy (non-hydrogen) atoms. The van der Waals surface area contributed by atoms with Crippen molar-refractivity contribution >= 4 is 0 Å². The summed E-state index contributed by atoms with van der Waals surface area (Å²) in [5.41, 5.74) is 1.91. The Balaban J connectivity index is 1.50. The number of nitrogens with zero attached hydrogens (tertiary/aromatic N) is 4. The van der Waals surface area contributed by atoms with Crippen molar-refractivity contribution in [2.75, 3.05) is 19.6 Å². The third-order valence-electron chi connectivity index (χ3n) is 3.99. The van der Waals surface area contributed by atoms with Crippen molar-refractivity contribution < 1.29 is 0 Å². The monoisotopic (exact) mass is 282 g/mol. The predicted octanol–water partition coefficient (Wildman–Crippen LogP) is 2.96. The van der Waals surface area contributed by atoms with Gasteiger partial charge in [0.15, 0.2) is 0 Å². The smallest absolute Gasteiger partial charge is 0.128 e. The summed E-state index contributed by atoms with van der Waals surface area (Å²) in [6, 6.07) is 5.88. The SMILES string of the molecule is c1ccc(-c2cnc(CCCN3CCCCC3)nc2)nc1. The van der Waals surface area contributed by atoms with Crippen LogP contribution < -0.4 is 0 Å². The first-order valence-corrected chi connectivity index (χ1v) is 7.86. The number of rotatable bonds is 5. The molecule has 2 aromatic heterocycles. The number of aromatic nitrogens is 3. The highest BCUT2D eigenvalue weighted by molar-refractivity contribution is 5.55. The first-order chi connectivity index (χ1) is 10.4. The zero-order valence-corrected chi connectivity index (χ0v) is 12.4. The van der Waals surface area contributed by atoms with Crippen LogP contribution in [-0.4, -0.2) is 39.5 Å². The Kier molecular flexibility index (Phi) is 4.90. The lowest BCUT2D eigenvalue weighted by atomic mass is 10.1. The summed E-state index contributed by atoms with van der Waals surface area (Å²) >= 11 is 0. The zero-order chi connectivity index (χ0) is 14.3. The van der Waals surface area contributed by atoms with Gasteiger partial charge in [0.1, 0.15) is 5.82 Å². The van der Waals surface area contributed by atoms with E-state index in [4.69, 9.17) is 0 Å². The molecule has 0 bridgehead atoms. The van der Waals surface area contributed by atoms with Crippen LogP contribution in [0.4, 0.5) is 0 Å². The first kappa shape index (κ1) is 14.1.